The molecule has 0 aliphatic carbocycles. The molecule has 1 unspecified atom stereocenters. The summed E-state index contributed by atoms with van der Waals surface area (Å²) >= 11 is 0. The maximum absolute atomic E-state index is 4.95. The predicted octanol–water partition coefficient (Wildman–Crippen LogP) is 5.48. The maximum atomic E-state index is 4.95. The highest BCUT2D eigenvalue weighted by molar-refractivity contribution is 5.96. The first-order valence-corrected chi connectivity index (χ1v) is 9.03. The van der Waals surface area contributed by atoms with Gasteiger partial charge in [-0.3, -0.25) is 4.99 Å². The zero-order valence-electron chi connectivity index (χ0n) is 15.6. The van der Waals surface area contributed by atoms with Crippen molar-refractivity contribution in [3.63, 3.8) is 0 Å². The average molecular weight is 333 g/mol. The van der Waals surface area contributed by atoms with Gasteiger partial charge in [0.2, 0.25) is 0 Å². The quantitative estimate of drug-likeness (QED) is 0.576. The van der Waals surface area contributed by atoms with Gasteiger partial charge in [-0.05, 0) is 55.6 Å². The molecule has 3 aromatic rings. The van der Waals surface area contributed by atoms with Crippen molar-refractivity contribution in [1.29, 1.82) is 0 Å². The normalized spacial score (nSPS) is 13.4. The van der Waals surface area contributed by atoms with E-state index in [2.05, 4.69) is 79.7 Å². The van der Waals surface area contributed by atoms with E-state index in [1.165, 1.54) is 33.3 Å². The van der Waals surface area contributed by atoms with Gasteiger partial charge in [-0.15, -0.1) is 0 Å². The van der Waals surface area contributed by atoms with Crippen LogP contribution < -0.4 is 5.32 Å². The molecule has 3 heteroatoms. The summed E-state index contributed by atoms with van der Waals surface area (Å²) in [6, 6.07) is 15.0. The van der Waals surface area contributed by atoms with Gasteiger partial charge >= 0.3 is 0 Å². The molecule has 0 bridgehead atoms. The van der Waals surface area contributed by atoms with Crippen molar-refractivity contribution in [3.8, 4) is 11.1 Å². The van der Waals surface area contributed by atoms with Crippen LogP contribution in [0.25, 0.3) is 22.0 Å². The Kier molecular flexibility index (Phi) is 5.34. The van der Waals surface area contributed by atoms with Crippen LogP contribution in [-0.2, 0) is 0 Å². The predicted molar refractivity (Wildman–Crippen MR) is 109 cm³/mol. The monoisotopic (exact) mass is 333 g/mol. The molecule has 0 saturated carbocycles. The third kappa shape index (κ3) is 3.67. The summed E-state index contributed by atoms with van der Waals surface area (Å²) in [6.45, 7) is 7.43. The number of nitrogens with zero attached hydrogens (tertiary/aromatic N) is 1. The lowest BCUT2D eigenvalue weighted by molar-refractivity contribution is 0.717. The van der Waals surface area contributed by atoms with Crippen LogP contribution in [0.1, 0.15) is 25.8 Å². The highest BCUT2D eigenvalue weighted by Crippen LogP contribution is 2.32. The number of rotatable bonds is 6. The number of fused-ring (bicyclic) bond motifs is 1. The van der Waals surface area contributed by atoms with Crippen LogP contribution in [0.4, 0.5) is 5.69 Å². The largest absolute Gasteiger partial charge is 0.361 e. The number of aryl methyl sites for hydroxylation is 1. The summed E-state index contributed by atoms with van der Waals surface area (Å²) in [5.41, 5.74) is 7.13. The Hall–Kier alpha value is -2.39. The van der Waals surface area contributed by atoms with Crippen LogP contribution in [0.5, 0.6) is 0 Å². The molecule has 0 aliphatic heterocycles. The number of H-pyrrole nitrogens is 1. The van der Waals surface area contributed by atoms with Crippen molar-refractivity contribution in [2.75, 3.05) is 13.6 Å². The molecule has 1 atom stereocenters. The topological polar surface area (TPSA) is 40.2 Å². The summed E-state index contributed by atoms with van der Waals surface area (Å²) in [6.07, 6.45) is 3.20. The van der Waals surface area contributed by atoms with E-state index < -0.39 is 0 Å². The molecule has 2 aromatic carbocycles. The average Bonchev–Trinajstić information content (AvgIpc) is 3.06. The second-order valence-corrected chi connectivity index (χ2v) is 6.69. The van der Waals surface area contributed by atoms with Gasteiger partial charge in [0.05, 0.1) is 5.69 Å². The Morgan fingerprint density at radius 1 is 1.20 bits per heavy atom. The molecule has 25 heavy (non-hydrogen) atoms. The molecule has 1 heterocycles. The van der Waals surface area contributed by atoms with Crippen molar-refractivity contribution in [3.05, 3.63) is 54.2 Å². The highest BCUT2D eigenvalue weighted by atomic mass is 14.9. The fraction of sp³-hybridized carbons (Fsp3) is 0.318. The van der Waals surface area contributed by atoms with E-state index in [9.17, 15) is 0 Å². The Balaban J connectivity index is 1.98. The summed E-state index contributed by atoms with van der Waals surface area (Å²) in [4.78, 5) is 8.31. The summed E-state index contributed by atoms with van der Waals surface area (Å²) < 4.78 is 0. The standard InChI is InChI=1S/C22H27N3/c1-5-15(2)22(14-23-4)25-20-11-10-17(12-16(20)3)19-13-24-21-9-7-6-8-18(19)21/h6-13,15,23-24H,5,14H2,1-4H3. The van der Waals surface area contributed by atoms with Gasteiger partial charge in [0.1, 0.15) is 0 Å². The SMILES string of the molecule is CCC(C)C(CNC)=Nc1ccc(-c2c[nH]c3ccccc23)cc1C. The van der Waals surface area contributed by atoms with E-state index in [1.54, 1.807) is 0 Å². The molecule has 130 valence electrons. The van der Waals surface area contributed by atoms with Crippen molar-refractivity contribution in [2.24, 2.45) is 10.9 Å². The van der Waals surface area contributed by atoms with E-state index in [-0.39, 0.29) is 0 Å². The number of aromatic nitrogens is 1. The van der Waals surface area contributed by atoms with Gasteiger partial charge in [-0.25, -0.2) is 0 Å². The van der Waals surface area contributed by atoms with Crippen LogP contribution >= 0.6 is 0 Å². The second kappa shape index (κ2) is 7.66. The van der Waals surface area contributed by atoms with Gasteiger partial charge in [0.15, 0.2) is 0 Å². The molecule has 0 spiro atoms. The lowest BCUT2D eigenvalue weighted by Crippen LogP contribution is -2.24. The fourth-order valence-corrected chi connectivity index (χ4v) is 3.15. The molecular formula is C22H27N3. The number of hydrogen-bond acceptors (Lipinski definition) is 2. The smallest absolute Gasteiger partial charge is 0.0659 e. The van der Waals surface area contributed by atoms with Crippen LogP contribution in [0.2, 0.25) is 0 Å². The Bertz CT molecular complexity index is 889. The number of para-hydroxylation sites is 1. The van der Waals surface area contributed by atoms with Crippen LogP contribution in [-0.4, -0.2) is 24.3 Å². The molecule has 1 aromatic heterocycles. The molecule has 0 radical (unpaired) electrons. The van der Waals surface area contributed by atoms with Crippen molar-refractivity contribution < 1.29 is 0 Å². The highest BCUT2D eigenvalue weighted by Gasteiger charge is 2.10. The third-order valence-electron chi connectivity index (χ3n) is 4.90. The number of nitrogens with one attached hydrogen (secondary N) is 2. The number of hydrogen-bond donors (Lipinski definition) is 2. The van der Waals surface area contributed by atoms with Gasteiger partial charge < -0.3 is 10.3 Å². The first kappa shape index (κ1) is 17.4. The first-order chi connectivity index (χ1) is 12.1. The van der Waals surface area contributed by atoms with Crippen LogP contribution in [0.3, 0.4) is 0 Å². The molecule has 2 N–H and O–H groups in total. The second-order valence-electron chi connectivity index (χ2n) is 6.69. The Labute approximate surface area is 150 Å². The molecule has 0 saturated heterocycles. The van der Waals surface area contributed by atoms with Crippen LogP contribution in [0.15, 0.2) is 53.7 Å². The minimum absolute atomic E-state index is 0.486. The number of aromatic amines is 1. The third-order valence-corrected chi connectivity index (χ3v) is 4.90. The summed E-state index contributed by atoms with van der Waals surface area (Å²) in [7, 11) is 1.98. The van der Waals surface area contributed by atoms with Crippen molar-refractivity contribution >= 4 is 22.3 Å². The summed E-state index contributed by atoms with van der Waals surface area (Å²) in [5, 5.41) is 4.50. The minimum Gasteiger partial charge on any atom is -0.361 e. The fourth-order valence-electron chi connectivity index (χ4n) is 3.15. The number of aliphatic imine (C=N–C) groups is 1. The molecule has 3 nitrogen and oxygen atoms in total. The first-order valence-electron chi connectivity index (χ1n) is 9.03. The lowest BCUT2D eigenvalue weighted by Gasteiger charge is -2.14. The Morgan fingerprint density at radius 2 is 2.00 bits per heavy atom. The van der Waals surface area contributed by atoms with E-state index in [0.29, 0.717) is 5.92 Å². The lowest BCUT2D eigenvalue weighted by atomic mass is 10.0. The zero-order valence-corrected chi connectivity index (χ0v) is 15.6. The molecular weight excluding hydrogens is 306 g/mol. The van der Waals surface area contributed by atoms with E-state index >= 15 is 0 Å². The molecule has 0 aliphatic rings. The number of benzene rings is 2. The van der Waals surface area contributed by atoms with Gasteiger partial charge in [-0.2, -0.15) is 0 Å². The van der Waals surface area contributed by atoms with E-state index in [0.717, 1.165) is 18.7 Å². The van der Waals surface area contributed by atoms with Crippen LogP contribution in [0, 0.1) is 12.8 Å². The maximum Gasteiger partial charge on any atom is 0.0659 e. The Morgan fingerprint density at radius 3 is 2.72 bits per heavy atom. The molecule has 0 fully saturated rings. The molecule has 3 rings (SSSR count). The molecule has 0 amide bonds. The van der Waals surface area contributed by atoms with E-state index in [4.69, 9.17) is 4.99 Å². The van der Waals surface area contributed by atoms with Gasteiger partial charge in [0.25, 0.3) is 0 Å². The van der Waals surface area contributed by atoms with E-state index in [1.807, 2.05) is 7.05 Å². The minimum atomic E-state index is 0.486. The van der Waals surface area contributed by atoms with Crippen molar-refractivity contribution in [2.45, 2.75) is 27.2 Å². The summed E-state index contributed by atoms with van der Waals surface area (Å²) in [5.74, 6) is 0.486. The van der Waals surface area contributed by atoms with Crippen molar-refractivity contribution in [1.82, 2.24) is 10.3 Å². The van der Waals surface area contributed by atoms with Gasteiger partial charge in [0, 0.05) is 34.9 Å². The zero-order chi connectivity index (χ0) is 17.8. The van der Waals surface area contributed by atoms with Gasteiger partial charge in [-0.1, -0.05) is 38.1 Å².